The second-order valence-corrected chi connectivity index (χ2v) is 5.31. The summed E-state index contributed by atoms with van der Waals surface area (Å²) in [6, 6.07) is 7.96. The Balaban J connectivity index is 2.27. The van der Waals surface area contributed by atoms with Gasteiger partial charge >= 0.3 is 0 Å². The fourth-order valence-corrected chi connectivity index (χ4v) is 2.63. The number of carbonyl (C=O) groups excluding carboxylic acids is 1. The van der Waals surface area contributed by atoms with Gasteiger partial charge in [-0.25, -0.2) is 4.98 Å². The monoisotopic (exact) mass is 267 g/mol. The maximum absolute atomic E-state index is 12.7. The summed E-state index contributed by atoms with van der Waals surface area (Å²) in [5.41, 5.74) is 5.40. The van der Waals surface area contributed by atoms with Crippen LogP contribution in [0, 0.1) is 20.8 Å². The molecule has 0 radical (unpaired) electrons. The number of aryl methyl sites for hydroxylation is 3. The molecule has 4 heteroatoms. The lowest BCUT2D eigenvalue weighted by atomic mass is 10.1. The van der Waals surface area contributed by atoms with Crippen LogP contribution in [0.15, 0.2) is 24.3 Å². The second-order valence-electron chi connectivity index (χ2n) is 5.31. The van der Waals surface area contributed by atoms with Gasteiger partial charge in [-0.2, -0.15) is 0 Å². The highest BCUT2D eigenvalue weighted by Gasteiger charge is 2.26. The first-order valence-electron chi connectivity index (χ1n) is 6.61. The summed E-state index contributed by atoms with van der Waals surface area (Å²) in [5.74, 6) is 0.615. The molecule has 0 fully saturated rings. The SMILES string of the molecule is Cc1ccc2c(c1)N(C)C(=O)c1c(C)cc(C)nc1N2. The van der Waals surface area contributed by atoms with Crippen molar-refractivity contribution in [1.29, 1.82) is 0 Å². The topological polar surface area (TPSA) is 45.2 Å². The molecule has 0 saturated carbocycles. The summed E-state index contributed by atoms with van der Waals surface area (Å²) in [6.45, 7) is 5.90. The van der Waals surface area contributed by atoms with Gasteiger partial charge in [0.15, 0.2) is 0 Å². The number of nitrogens with one attached hydrogen (secondary N) is 1. The van der Waals surface area contributed by atoms with Crippen LogP contribution in [0.3, 0.4) is 0 Å². The highest BCUT2D eigenvalue weighted by molar-refractivity contribution is 6.13. The molecule has 1 N–H and O–H groups in total. The third kappa shape index (κ3) is 1.84. The average Bonchev–Trinajstić information content (AvgIpc) is 2.47. The normalized spacial score (nSPS) is 13.4. The number of pyridine rings is 1. The van der Waals surface area contributed by atoms with E-state index in [0.717, 1.165) is 28.2 Å². The molecule has 2 heterocycles. The standard InChI is InChI=1S/C16H17N3O/c1-9-5-6-12-13(7-9)19(4)16(20)14-10(2)8-11(3)17-15(14)18-12/h5-8H,1-4H3,(H,17,18). The smallest absolute Gasteiger partial charge is 0.262 e. The number of rotatable bonds is 0. The maximum atomic E-state index is 12.7. The Labute approximate surface area is 118 Å². The molecule has 1 amide bonds. The Morgan fingerprint density at radius 3 is 2.65 bits per heavy atom. The van der Waals surface area contributed by atoms with Crippen LogP contribution >= 0.6 is 0 Å². The zero-order chi connectivity index (χ0) is 14.4. The van der Waals surface area contributed by atoms with Crippen molar-refractivity contribution in [1.82, 2.24) is 4.98 Å². The van der Waals surface area contributed by atoms with Crippen molar-refractivity contribution in [3.63, 3.8) is 0 Å². The van der Waals surface area contributed by atoms with Crippen LogP contribution in [0.2, 0.25) is 0 Å². The number of fused-ring (bicyclic) bond motifs is 2. The minimum atomic E-state index is -0.0261. The van der Waals surface area contributed by atoms with E-state index in [-0.39, 0.29) is 5.91 Å². The molecular weight excluding hydrogens is 250 g/mol. The molecule has 102 valence electrons. The van der Waals surface area contributed by atoms with Crippen LogP contribution in [0.1, 0.15) is 27.2 Å². The molecule has 4 nitrogen and oxygen atoms in total. The third-order valence-corrected chi connectivity index (χ3v) is 3.63. The predicted molar refractivity (Wildman–Crippen MR) is 80.9 cm³/mol. The molecule has 0 unspecified atom stereocenters. The van der Waals surface area contributed by atoms with E-state index in [1.54, 1.807) is 11.9 Å². The maximum Gasteiger partial charge on any atom is 0.262 e. The number of anilines is 3. The molecule has 1 aliphatic rings. The number of hydrogen-bond acceptors (Lipinski definition) is 3. The van der Waals surface area contributed by atoms with Gasteiger partial charge in [0.05, 0.1) is 16.9 Å². The summed E-state index contributed by atoms with van der Waals surface area (Å²) in [6.07, 6.45) is 0. The summed E-state index contributed by atoms with van der Waals surface area (Å²) in [4.78, 5) is 18.9. The van der Waals surface area contributed by atoms with E-state index >= 15 is 0 Å². The van der Waals surface area contributed by atoms with E-state index in [2.05, 4.69) is 10.3 Å². The first-order chi connectivity index (χ1) is 9.47. The number of nitrogens with zero attached hydrogens (tertiary/aromatic N) is 2. The molecule has 3 rings (SSSR count). The van der Waals surface area contributed by atoms with Gasteiger partial charge in [0.25, 0.3) is 5.91 Å². The van der Waals surface area contributed by atoms with E-state index < -0.39 is 0 Å². The fourth-order valence-electron chi connectivity index (χ4n) is 2.63. The van der Waals surface area contributed by atoms with Crippen molar-refractivity contribution >= 4 is 23.1 Å². The lowest BCUT2D eigenvalue weighted by molar-refractivity contribution is 0.0993. The summed E-state index contributed by atoms with van der Waals surface area (Å²) in [7, 11) is 1.80. The molecule has 0 spiro atoms. The van der Waals surface area contributed by atoms with Crippen molar-refractivity contribution in [2.24, 2.45) is 0 Å². The number of aromatic nitrogens is 1. The summed E-state index contributed by atoms with van der Waals surface area (Å²) < 4.78 is 0. The van der Waals surface area contributed by atoms with Gasteiger partial charge in [-0.05, 0) is 50.1 Å². The predicted octanol–water partition coefficient (Wildman–Crippen LogP) is 3.34. The molecule has 1 aromatic heterocycles. The van der Waals surface area contributed by atoms with Crippen LogP contribution in [-0.2, 0) is 0 Å². The molecule has 1 aromatic carbocycles. The average molecular weight is 267 g/mol. The minimum Gasteiger partial charge on any atom is -0.338 e. The summed E-state index contributed by atoms with van der Waals surface area (Å²) >= 11 is 0. The van der Waals surface area contributed by atoms with Crippen molar-refractivity contribution in [2.45, 2.75) is 20.8 Å². The van der Waals surface area contributed by atoms with Gasteiger partial charge in [0.1, 0.15) is 5.82 Å². The molecule has 20 heavy (non-hydrogen) atoms. The highest BCUT2D eigenvalue weighted by Crippen LogP contribution is 2.35. The largest absolute Gasteiger partial charge is 0.338 e. The summed E-state index contributed by atoms with van der Waals surface area (Å²) in [5, 5.41) is 3.30. The Kier molecular flexibility index (Phi) is 2.74. The number of amides is 1. The molecule has 2 aromatic rings. The third-order valence-electron chi connectivity index (χ3n) is 3.63. The van der Waals surface area contributed by atoms with Gasteiger partial charge in [-0.1, -0.05) is 6.07 Å². The van der Waals surface area contributed by atoms with Crippen LogP contribution < -0.4 is 10.2 Å². The fraction of sp³-hybridized carbons (Fsp3) is 0.250. The van der Waals surface area contributed by atoms with Crippen LogP contribution in [0.4, 0.5) is 17.2 Å². The Morgan fingerprint density at radius 1 is 1.15 bits per heavy atom. The Bertz CT molecular complexity index is 722. The first kappa shape index (κ1) is 12.7. The van der Waals surface area contributed by atoms with Gasteiger partial charge < -0.3 is 10.2 Å². The molecule has 0 aliphatic carbocycles. The van der Waals surface area contributed by atoms with E-state index in [1.165, 1.54) is 0 Å². The van der Waals surface area contributed by atoms with E-state index in [4.69, 9.17) is 0 Å². The van der Waals surface area contributed by atoms with E-state index in [0.29, 0.717) is 11.4 Å². The van der Waals surface area contributed by atoms with Crippen LogP contribution in [0.25, 0.3) is 0 Å². The molecule has 0 bridgehead atoms. The van der Waals surface area contributed by atoms with E-state index in [9.17, 15) is 4.79 Å². The highest BCUT2D eigenvalue weighted by atomic mass is 16.2. The number of hydrogen-bond donors (Lipinski definition) is 1. The lowest BCUT2D eigenvalue weighted by Gasteiger charge is -2.18. The van der Waals surface area contributed by atoms with Crippen molar-refractivity contribution in [2.75, 3.05) is 17.3 Å². The van der Waals surface area contributed by atoms with Gasteiger partial charge in [0.2, 0.25) is 0 Å². The molecule has 1 aliphatic heterocycles. The van der Waals surface area contributed by atoms with Crippen molar-refractivity contribution < 1.29 is 4.79 Å². The number of carbonyl (C=O) groups is 1. The zero-order valence-corrected chi connectivity index (χ0v) is 12.1. The van der Waals surface area contributed by atoms with Crippen LogP contribution in [0.5, 0.6) is 0 Å². The van der Waals surface area contributed by atoms with Crippen molar-refractivity contribution in [3.05, 3.63) is 46.6 Å². The van der Waals surface area contributed by atoms with E-state index in [1.807, 2.05) is 45.0 Å². The first-order valence-corrected chi connectivity index (χ1v) is 6.61. The minimum absolute atomic E-state index is 0.0261. The molecule has 0 atom stereocenters. The lowest BCUT2D eigenvalue weighted by Crippen LogP contribution is -2.26. The number of benzene rings is 1. The van der Waals surface area contributed by atoms with Gasteiger partial charge in [0, 0.05) is 12.7 Å². The van der Waals surface area contributed by atoms with Crippen LogP contribution in [-0.4, -0.2) is 17.9 Å². The van der Waals surface area contributed by atoms with Crippen molar-refractivity contribution in [3.8, 4) is 0 Å². The zero-order valence-electron chi connectivity index (χ0n) is 12.1. The Hall–Kier alpha value is -2.36. The van der Waals surface area contributed by atoms with Gasteiger partial charge in [-0.3, -0.25) is 4.79 Å². The second kappa shape index (κ2) is 4.34. The molecular formula is C16H17N3O. The molecule has 0 saturated heterocycles. The Morgan fingerprint density at radius 2 is 1.90 bits per heavy atom. The quantitative estimate of drug-likeness (QED) is 0.796. The van der Waals surface area contributed by atoms with Gasteiger partial charge in [-0.15, -0.1) is 0 Å².